The second-order valence-electron chi connectivity index (χ2n) is 8.21. The minimum absolute atomic E-state index is 0.125. The number of hydrogen-bond acceptors (Lipinski definition) is 3. The molecule has 4 aliphatic carbocycles. The molecule has 4 saturated carbocycles. The molecule has 0 spiro atoms. The monoisotopic (exact) mass is 329 g/mol. The van der Waals surface area contributed by atoms with Gasteiger partial charge >= 0.3 is 0 Å². The first-order valence-corrected chi connectivity index (χ1v) is 9.11. The number of carbonyl (C=O) groups excluding carboxylic acids is 1. The fourth-order valence-electron chi connectivity index (χ4n) is 5.94. The number of methoxy groups -OCH3 is 2. The molecule has 0 aliphatic heterocycles. The van der Waals surface area contributed by atoms with Gasteiger partial charge in [0.2, 0.25) is 5.91 Å². The summed E-state index contributed by atoms with van der Waals surface area (Å²) in [5, 5.41) is 3.07. The van der Waals surface area contributed by atoms with Crippen molar-refractivity contribution in [1.29, 1.82) is 0 Å². The largest absolute Gasteiger partial charge is 0.497 e. The number of amides is 1. The fourth-order valence-corrected chi connectivity index (χ4v) is 5.94. The highest BCUT2D eigenvalue weighted by molar-refractivity contribution is 5.92. The Kier molecular flexibility index (Phi) is 3.93. The third kappa shape index (κ3) is 2.87. The molecule has 130 valence electrons. The van der Waals surface area contributed by atoms with Crippen molar-refractivity contribution in [2.45, 2.75) is 44.9 Å². The minimum atomic E-state index is 0.125. The van der Waals surface area contributed by atoms with Gasteiger partial charge in [-0.1, -0.05) is 0 Å². The third-order valence-corrected chi connectivity index (χ3v) is 6.38. The zero-order valence-electron chi connectivity index (χ0n) is 14.6. The summed E-state index contributed by atoms with van der Waals surface area (Å²) in [6.45, 7) is 0. The van der Waals surface area contributed by atoms with E-state index in [1.165, 1.54) is 38.5 Å². The van der Waals surface area contributed by atoms with Crippen molar-refractivity contribution in [3.05, 3.63) is 18.2 Å². The molecule has 4 bridgehead atoms. The van der Waals surface area contributed by atoms with E-state index in [9.17, 15) is 4.79 Å². The summed E-state index contributed by atoms with van der Waals surface area (Å²) in [5.41, 5.74) is 0.992. The van der Waals surface area contributed by atoms with Crippen molar-refractivity contribution in [2.75, 3.05) is 19.5 Å². The van der Waals surface area contributed by atoms with Gasteiger partial charge in [0.05, 0.1) is 19.9 Å². The molecule has 0 aromatic heterocycles. The maximum atomic E-state index is 12.7. The van der Waals surface area contributed by atoms with E-state index in [1.54, 1.807) is 20.3 Å². The number of carbonyl (C=O) groups is 1. The molecule has 4 heteroatoms. The van der Waals surface area contributed by atoms with Gasteiger partial charge in [-0.2, -0.15) is 0 Å². The predicted molar refractivity (Wildman–Crippen MR) is 93.4 cm³/mol. The van der Waals surface area contributed by atoms with E-state index in [0.29, 0.717) is 12.2 Å². The Balaban J connectivity index is 1.46. The van der Waals surface area contributed by atoms with Gasteiger partial charge in [-0.05, 0) is 73.8 Å². The van der Waals surface area contributed by atoms with Gasteiger partial charge in [0.1, 0.15) is 11.5 Å². The molecular formula is C20H27NO3. The van der Waals surface area contributed by atoms with Crippen molar-refractivity contribution < 1.29 is 14.3 Å². The van der Waals surface area contributed by atoms with Crippen LogP contribution >= 0.6 is 0 Å². The Labute approximate surface area is 143 Å². The van der Waals surface area contributed by atoms with Gasteiger partial charge in [-0.15, -0.1) is 0 Å². The molecule has 0 radical (unpaired) electrons. The molecular weight excluding hydrogens is 302 g/mol. The summed E-state index contributed by atoms with van der Waals surface area (Å²) in [7, 11) is 3.24. The Bertz CT molecular complexity index is 604. The van der Waals surface area contributed by atoms with Gasteiger partial charge in [0.15, 0.2) is 0 Å². The van der Waals surface area contributed by atoms with Crippen LogP contribution < -0.4 is 14.8 Å². The number of ether oxygens (including phenoxy) is 2. The van der Waals surface area contributed by atoms with Crippen LogP contribution in [-0.4, -0.2) is 20.1 Å². The van der Waals surface area contributed by atoms with Crippen molar-refractivity contribution >= 4 is 11.6 Å². The van der Waals surface area contributed by atoms with Gasteiger partial charge < -0.3 is 14.8 Å². The van der Waals surface area contributed by atoms with E-state index >= 15 is 0 Å². The smallest absolute Gasteiger partial charge is 0.225 e. The summed E-state index contributed by atoms with van der Waals surface area (Å²) in [5.74, 6) is 4.12. The van der Waals surface area contributed by atoms with Gasteiger partial charge in [-0.3, -0.25) is 4.79 Å². The zero-order valence-corrected chi connectivity index (χ0v) is 14.6. The average Bonchev–Trinajstić information content (AvgIpc) is 2.53. The second-order valence-corrected chi connectivity index (χ2v) is 8.21. The number of anilines is 1. The first-order valence-electron chi connectivity index (χ1n) is 9.11. The van der Waals surface area contributed by atoms with Crippen LogP contribution in [0.3, 0.4) is 0 Å². The highest BCUT2D eigenvalue weighted by Gasteiger charge is 2.51. The maximum Gasteiger partial charge on any atom is 0.225 e. The van der Waals surface area contributed by atoms with Crippen molar-refractivity contribution in [1.82, 2.24) is 0 Å². The third-order valence-electron chi connectivity index (χ3n) is 6.38. The minimum Gasteiger partial charge on any atom is -0.497 e. The number of benzene rings is 1. The molecule has 5 rings (SSSR count). The molecule has 1 aromatic carbocycles. The first-order chi connectivity index (χ1) is 11.6. The van der Waals surface area contributed by atoms with E-state index in [1.807, 2.05) is 12.1 Å². The SMILES string of the molecule is COc1ccc(NC(=O)CC23CC4CC(CC(C4)C2)C3)c(OC)c1. The lowest BCUT2D eigenvalue weighted by atomic mass is 9.49. The quantitative estimate of drug-likeness (QED) is 0.878. The lowest BCUT2D eigenvalue weighted by molar-refractivity contribution is -0.124. The molecule has 1 N–H and O–H groups in total. The average molecular weight is 329 g/mol. The molecule has 4 fully saturated rings. The summed E-state index contributed by atoms with van der Waals surface area (Å²) in [6.07, 6.45) is 8.66. The highest BCUT2D eigenvalue weighted by atomic mass is 16.5. The first kappa shape index (κ1) is 15.8. The van der Waals surface area contributed by atoms with Gasteiger partial charge in [0.25, 0.3) is 0 Å². The summed E-state index contributed by atoms with van der Waals surface area (Å²) in [6, 6.07) is 5.51. The Morgan fingerprint density at radius 2 is 1.71 bits per heavy atom. The van der Waals surface area contributed by atoms with Crippen LogP contribution in [0.25, 0.3) is 0 Å². The Morgan fingerprint density at radius 1 is 1.08 bits per heavy atom. The molecule has 4 aliphatic rings. The maximum absolute atomic E-state index is 12.7. The molecule has 0 saturated heterocycles. The molecule has 24 heavy (non-hydrogen) atoms. The molecule has 4 nitrogen and oxygen atoms in total. The second kappa shape index (κ2) is 5.98. The summed E-state index contributed by atoms with van der Waals surface area (Å²) >= 11 is 0. The van der Waals surface area contributed by atoms with E-state index in [0.717, 1.165) is 29.2 Å². The molecule has 0 atom stereocenters. The normalized spacial score (nSPS) is 33.3. The van der Waals surface area contributed by atoms with Crippen molar-refractivity contribution in [2.24, 2.45) is 23.2 Å². The topological polar surface area (TPSA) is 47.6 Å². The van der Waals surface area contributed by atoms with E-state index in [-0.39, 0.29) is 11.3 Å². The lowest BCUT2D eigenvalue weighted by Gasteiger charge is -2.56. The summed E-state index contributed by atoms with van der Waals surface area (Å²) in [4.78, 5) is 12.7. The molecule has 0 unspecified atom stereocenters. The Morgan fingerprint density at radius 3 is 2.25 bits per heavy atom. The summed E-state index contributed by atoms with van der Waals surface area (Å²) < 4.78 is 10.6. The molecule has 1 amide bonds. The van der Waals surface area contributed by atoms with Crippen molar-refractivity contribution in [3.8, 4) is 11.5 Å². The molecule has 0 heterocycles. The lowest BCUT2D eigenvalue weighted by Crippen LogP contribution is -2.47. The van der Waals surface area contributed by atoms with Crippen LogP contribution in [0.4, 0.5) is 5.69 Å². The zero-order chi connectivity index (χ0) is 16.7. The number of hydrogen-bond donors (Lipinski definition) is 1. The standard InChI is InChI=1S/C20H27NO3/c1-23-16-3-4-17(18(8-16)24-2)21-19(22)12-20-9-13-5-14(10-20)7-15(6-13)11-20/h3-4,8,13-15H,5-7,9-12H2,1-2H3,(H,21,22). The van der Waals surface area contributed by atoms with Crippen LogP contribution in [-0.2, 0) is 4.79 Å². The van der Waals surface area contributed by atoms with Gasteiger partial charge in [0, 0.05) is 12.5 Å². The van der Waals surface area contributed by atoms with E-state index < -0.39 is 0 Å². The van der Waals surface area contributed by atoms with Crippen LogP contribution in [0.2, 0.25) is 0 Å². The van der Waals surface area contributed by atoms with Gasteiger partial charge in [-0.25, -0.2) is 0 Å². The number of rotatable bonds is 5. The van der Waals surface area contributed by atoms with Crippen LogP contribution in [0.15, 0.2) is 18.2 Å². The highest BCUT2D eigenvalue weighted by Crippen LogP contribution is 2.61. The van der Waals surface area contributed by atoms with E-state index in [2.05, 4.69) is 5.32 Å². The molecule has 1 aromatic rings. The predicted octanol–water partition coefficient (Wildman–Crippen LogP) is 4.25. The van der Waals surface area contributed by atoms with Crippen molar-refractivity contribution in [3.63, 3.8) is 0 Å². The van der Waals surface area contributed by atoms with Crippen LogP contribution in [0, 0.1) is 23.2 Å². The van der Waals surface area contributed by atoms with Crippen LogP contribution in [0.5, 0.6) is 11.5 Å². The number of nitrogens with one attached hydrogen (secondary N) is 1. The van der Waals surface area contributed by atoms with E-state index in [4.69, 9.17) is 9.47 Å². The fraction of sp³-hybridized carbons (Fsp3) is 0.650. The Hall–Kier alpha value is -1.71. The van der Waals surface area contributed by atoms with Crippen LogP contribution in [0.1, 0.15) is 44.9 Å².